The highest BCUT2D eigenvalue weighted by atomic mass is 32.1. The van der Waals surface area contributed by atoms with Gasteiger partial charge < -0.3 is 16.4 Å². The van der Waals surface area contributed by atoms with Gasteiger partial charge >= 0.3 is 0 Å². The average Bonchev–Trinajstić information content (AvgIpc) is 2.79. The summed E-state index contributed by atoms with van der Waals surface area (Å²) in [7, 11) is 0. The summed E-state index contributed by atoms with van der Waals surface area (Å²) in [6.45, 7) is 1.23. The van der Waals surface area contributed by atoms with Gasteiger partial charge in [-0.2, -0.15) is 0 Å². The van der Waals surface area contributed by atoms with Crippen LogP contribution in [-0.4, -0.2) is 31.4 Å². The third kappa shape index (κ3) is 4.41. The fraction of sp³-hybridized carbons (Fsp3) is 0.400. The van der Waals surface area contributed by atoms with Gasteiger partial charge in [-0.15, -0.1) is 11.3 Å². The van der Waals surface area contributed by atoms with Gasteiger partial charge in [0.15, 0.2) is 0 Å². The molecule has 4 N–H and O–H groups in total. The molecule has 88 valence electrons. The van der Waals surface area contributed by atoms with Crippen LogP contribution in [0.3, 0.4) is 0 Å². The quantitative estimate of drug-likeness (QED) is 0.652. The van der Waals surface area contributed by atoms with Crippen molar-refractivity contribution in [2.75, 3.05) is 19.6 Å². The Kier molecular flexibility index (Phi) is 5.52. The lowest BCUT2D eigenvalue weighted by Crippen LogP contribution is -2.32. The van der Waals surface area contributed by atoms with Gasteiger partial charge in [0.1, 0.15) is 0 Å². The highest BCUT2D eigenvalue weighted by Gasteiger charge is 2.06. The van der Waals surface area contributed by atoms with Crippen molar-refractivity contribution in [2.45, 2.75) is 6.42 Å². The standard InChI is InChI=1S/C10H15N3O2S/c11-4-6-12-9(14)3-5-13-10(15)8-2-1-7-16-8/h1-2,7H,3-6,11H2,(H,12,14)(H,13,15). The number of hydrogen-bond acceptors (Lipinski definition) is 4. The van der Waals surface area contributed by atoms with Crippen molar-refractivity contribution in [2.24, 2.45) is 5.73 Å². The molecule has 6 heteroatoms. The molecule has 0 aliphatic rings. The monoisotopic (exact) mass is 241 g/mol. The summed E-state index contributed by atoms with van der Waals surface area (Å²) >= 11 is 1.37. The van der Waals surface area contributed by atoms with E-state index >= 15 is 0 Å². The first-order valence-electron chi connectivity index (χ1n) is 5.02. The molecular weight excluding hydrogens is 226 g/mol. The van der Waals surface area contributed by atoms with Crippen molar-refractivity contribution in [3.05, 3.63) is 22.4 Å². The zero-order valence-corrected chi connectivity index (χ0v) is 9.68. The molecule has 1 heterocycles. The summed E-state index contributed by atoms with van der Waals surface area (Å²) in [6.07, 6.45) is 0.275. The Morgan fingerprint density at radius 1 is 1.31 bits per heavy atom. The molecule has 0 saturated carbocycles. The fourth-order valence-electron chi connectivity index (χ4n) is 1.08. The minimum atomic E-state index is -0.137. The van der Waals surface area contributed by atoms with Gasteiger partial charge in [-0.25, -0.2) is 0 Å². The van der Waals surface area contributed by atoms with Crippen LogP contribution >= 0.6 is 11.3 Å². The van der Waals surface area contributed by atoms with E-state index in [9.17, 15) is 9.59 Å². The second-order valence-electron chi connectivity index (χ2n) is 3.12. The van der Waals surface area contributed by atoms with Crippen molar-refractivity contribution in [3.63, 3.8) is 0 Å². The Labute approximate surface area is 98.0 Å². The van der Waals surface area contributed by atoms with Gasteiger partial charge in [0, 0.05) is 26.1 Å². The Morgan fingerprint density at radius 2 is 2.12 bits per heavy atom. The zero-order valence-electron chi connectivity index (χ0n) is 8.86. The molecule has 0 spiro atoms. The molecule has 0 atom stereocenters. The van der Waals surface area contributed by atoms with Gasteiger partial charge in [0.25, 0.3) is 5.91 Å². The van der Waals surface area contributed by atoms with Gasteiger partial charge in [0.05, 0.1) is 4.88 Å². The maximum absolute atomic E-state index is 11.4. The fourth-order valence-corrected chi connectivity index (χ4v) is 1.72. The Balaban J connectivity index is 2.16. The molecule has 0 fully saturated rings. The Morgan fingerprint density at radius 3 is 2.75 bits per heavy atom. The largest absolute Gasteiger partial charge is 0.355 e. The number of nitrogens with two attached hydrogens (primary N) is 1. The summed E-state index contributed by atoms with van der Waals surface area (Å²) in [5, 5.41) is 7.14. The second-order valence-corrected chi connectivity index (χ2v) is 4.07. The minimum absolute atomic E-state index is 0.100. The number of carbonyl (C=O) groups is 2. The molecule has 0 saturated heterocycles. The molecule has 16 heavy (non-hydrogen) atoms. The molecule has 5 nitrogen and oxygen atoms in total. The normalized spacial score (nSPS) is 9.81. The van der Waals surface area contributed by atoms with E-state index in [1.165, 1.54) is 11.3 Å². The molecule has 0 aliphatic heterocycles. The van der Waals surface area contributed by atoms with E-state index in [2.05, 4.69) is 10.6 Å². The van der Waals surface area contributed by atoms with Gasteiger partial charge in [-0.05, 0) is 11.4 Å². The van der Waals surface area contributed by atoms with Crippen LogP contribution in [-0.2, 0) is 4.79 Å². The number of hydrogen-bond donors (Lipinski definition) is 3. The van der Waals surface area contributed by atoms with Crippen LogP contribution in [0, 0.1) is 0 Å². The highest BCUT2D eigenvalue weighted by molar-refractivity contribution is 7.12. The highest BCUT2D eigenvalue weighted by Crippen LogP contribution is 2.07. The van der Waals surface area contributed by atoms with Crippen LogP contribution in [0.4, 0.5) is 0 Å². The zero-order chi connectivity index (χ0) is 11.8. The third-order valence-electron chi connectivity index (χ3n) is 1.85. The summed E-state index contributed by atoms with van der Waals surface area (Å²) in [4.78, 5) is 23.3. The van der Waals surface area contributed by atoms with Gasteiger partial charge in [0.2, 0.25) is 5.91 Å². The van der Waals surface area contributed by atoms with E-state index in [0.717, 1.165) is 0 Å². The van der Waals surface area contributed by atoms with Crippen LogP contribution < -0.4 is 16.4 Å². The van der Waals surface area contributed by atoms with Crippen molar-refractivity contribution in [1.82, 2.24) is 10.6 Å². The SMILES string of the molecule is NCCNC(=O)CCNC(=O)c1cccs1. The predicted octanol–water partition coefficient (Wildman–Crippen LogP) is -0.0571. The summed E-state index contributed by atoms with van der Waals surface area (Å²) in [5.41, 5.74) is 5.23. The van der Waals surface area contributed by atoms with Gasteiger partial charge in [-0.3, -0.25) is 9.59 Å². The van der Waals surface area contributed by atoms with E-state index in [4.69, 9.17) is 5.73 Å². The number of carbonyl (C=O) groups excluding carboxylic acids is 2. The first-order valence-corrected chi connectivity index (χ1v) is 5.90. The Hall–Kier alpha value is -1.40. The summed E-state index contributed by atoms with van der Waals surface area (Å²) < 4.78 is 0. The van der Waals surface area contributed by atoms with Crippen LogP contribution in [0.25, 0.3) is 0 Å². The Bertz CT molecular complexity index is 338. The molecular formula is C10H15N3O2S. The molecule has 1 aromatic rings. The summed E-state index contributed by atoms with van der Waals surface area (Å²) in [6, 6.07) is 3.56. The summed E-state index contributed by atoms with van der Waals surface area (Å²) in [5.74, 6) is -0.237. The molecule has 0 aliphatic carbocycles. The van der Waals surface area contributed by atoms with Crippen LogP contribution in [0.5, 0.6) is 0 Å². The van der Waals surface area contributed by atoms with E-state index in [1.807, 2.05) is 11.4 Å². The lowest BCUT2D eigenvalue weighted by molar-refractivity contribution is -0.120. The minimum Gasteiger partial charge on any atom is -0.355 e. The predicted molar refractivity (Wildman–Crippen MR) is 63.3 cm³/mol. The van der Waals surface area contributed by atoms with Crippen molar-refractivity contribution in [1.29, 1.82) is 0 Å². The second kappa shape index (κ2) is 6.97. The topological polar surface area (TPSA) is 84.2 Å². The molecule has 0 unspecified atom stereocenters. The third-order valence-corrected chi connectivity index (χ3v) is 2.72. The lowest BCUT2D eigenvalue weighted by atomic mass is 10.3. The number of rotatable bonds is 6. The molecule has 0 aromatic carbocycles. The molecule has 2 amide bonds. The average molecular weight is 241 g/mol. The number of amides is 2. The van der Waals surface area contributed by atoms with E-state index in [1.54, 1.807) is 6.07 Å². The van der Waals surface area contributed by atoms with Crippen molar-refractivity contribution < 1.29 is 9.59 Å². The molecule has 1 aromatic heterocycles. The van der Waals surface area contributed by atoms with Crippen LogP contribution in [0.15, 0.2) is 17.5 Å². The molecule has 0 bridgehead atoms. The van der Waals surface area contributed by atoms with Gasteiger partial charge in [-0.1, -0.05) is 6.07 Å². The van der Waals surface area contributed by atoms with E-state index < -0.39 is 0 Å². The smallest absolute Gasteiger partial charge is 0.261 e. The van der Waals surface area contributed by atoms with Crippen LogP contribution in [0.2, 0.25) is 0 Å². The van der Waals surface area contributed by atoms with Crippen molar-refractivity contribution in [3.8, 4) is 0 Å². The van der Waals surface area contributed by atoms with Crippen LogP contribution in [0.1, 0.15) is 16.1 Å². The first kappa shape index (κ1) is 12.7. The van der Waals surface area contributed by atoms with E-state index in [0.29, 0.717) is 24.5 Å². The maximum atomic E-state index is 11.4. The van der Waals surface area contributed by atoms with Crippen molar-refractivity contribution >= 4 is 23.2 Å². The first-order chi connectivity index (χ1) is 7.74. The lowest BCUT2D eigenvalue weighted by Gasteiger charge is -2.04. The molecule has 1 rings (SSSR count). The number of thiophene rings is 1. The van der Waals surface area contributed by atoms with E-state index in [-0.39, 0.29) is 18.2 Å². The maximum Gasteiger partial charge on any atom is 0.261 e. The number of nitrogens with one attached hydrogen (secondary N) is 2. The molecule has 0 radical (unpaired) electrons.